The van der Waals surface area contributed by atoms with E-state index in [1.54, 1.807) is 0 Å². The SMILES string of the molecule is C[NH+](C)NCCCC(N)C(=O)O. The second-order valence-corrected chi connectivity index (χ2v) is 3.01. The summed E-state index contributed by atoms with van der Waals surface area (Å²) in [5.74, 6) is -0.924. The molecular weight excluding hydrogens is 158 g/mol. The third-order valence-corrected chi connectivity index (χ3v) is 1.49. The maximum absolute atomic E-state index is 10.3. The molecule has 0 rings (SSSR count). The fourth-order valence-corrected chi connectivity index (χ4v) is 0.784. The first-order valence-electron chi connectivity index (χ1n) is 4.06. The van der Waals surface area contributed by atoms with Crippen LogP contribution in [0, 0.1) is 0 Å². The summed E-state index contributed by atoms with van der Waals surface area (Å²) in [4.78, 5) is 10.3. The number of quaternary nitrogens is 1. The summed E-state index contributed by atoms with van der Waals surface area (Å²) in [5, 5.41) is 9.58. The third-order valence-electron chi connectivity index (χ3n) is 1.49. The molecule has 0 aromatic carbocycles. The summed E-state index contributed by atoms with van der Waals surface area (Å²) < 4.78 is 0. The molecule has 0 spiro atoms. The van der Waals surface area contributed by atoms with Crippen molar-refractivity contribution in [1.82, 2.24) is 5.43 Å². The molecule has 0 aromatic heterocycles. The lowest BCUT2D eigenvalue weighted by Gasteiger charge is -2.09. The summed E-state index contributed by atoms with van der Waals surface area (Å²) in [6.07, 6.45) is 1.31. The Morgan fingerprint density at radius 3 is 2.67 bits per heavy atom. The Bertz CT molecular complexity index is 139. The highest BCUT2D eigenvalue weighted by Gasteiger charge is 2.09. The van der Waals surface area contributed by atoms with Gasteiger partial charge < -0.3 is 10.8 Å². The fourth-order valence-electron chi connectivity index (χ4n) is 0.784. The highest BCUT2D eigenvalue weighted by atomic mass is 16.4. The molecule has 0 heterocycles. The maximum atomic E-state index is 10.3. The zero-order valence-electron chi connectivity index (χ0n) is 7.63. The first-order valence-corrected chi connectivity index (χ1v) is 4.06. The Kier molecular flexibility index (Phi) is 5.61. The van der Waals surface area contributed by atoms with Crippen LogP contribution >= 0.6 is 0 Å². The van der Waals surface area contributed by atoms with E-state index < -0.39 is 12.0 Å². The quantitative estimate of drug-likeness (QED) is 0.274. The van der Waals surface area contributed by atoms with Crippen molar-refractivity contribution >= 4 is 5.97 Å². The van der Waals surface area contributed by atoms with E-state index in [1.165, 1.54) is 0 Å². The van der Waals surface area contributed by atoms with Gasteiger partial charge >= 0.3 is 5.97 Å². The normalized spacial score (nSPS) is 13.3. The van der Waals surface area contributed by atoms with Crippen molar-refractivity contribution < 1.29 is 14.9 Å². The molecule has 0 saturated carbocycles. The number of nitrogens with two attached hydrogens (primary N) is 1. The van der Waals surface area contributed by atoms with Crippen LogP contribution in [0.1, 0.15) is 12.8 Å². The lowest BCUT2D eigenvalue weighted by Crippen LogP contribution is -3.13. The molecule has 0 radical (unpaired) electrons. The number of rotatable bonds is 6. The molecule has 1 unspecified atom stereocenters. The van der Waals surface area contributed by atoms with Crippen LogP contribution in [0.3, 0.4) is 0 Å². The molecule has 0 aliphatic heterocycles. The molecule has 5 N–H and O–H groups in total. The number of carboxylic acids is 1. The van der Waals surface area contributed by atoms with Crippen molar-refractivity contribution in [3.8, 4) is 0 Å². The van der Waals surface area contributed by atoms with Crippen LogP contribution in [0.15, 0.2) is 0 Å². The van der Waals surface area contributed by atoms with Crippen LogP contribution in [0.4, 0.5) is 0 Å². The third kappa shape index (κ3) is 6.09. The van der Waals surface area contributed by atoms with Crippen LogP contribution in [-0.2, 0) is 4.79 Å². The van der Waals surface area contributed by atoms with Gasteiger partial charge in [0.1, 0.15) is 6.04 Å². The summed E-state index contributed by atoms with van der Waals surface area (Å²) in [7, 11) is 3.94. The van der Waals surface area contributed by atoms with Gasteiger partial charge in [-0.05, 0) is 12.8 Å². The van der Waals surface area contributed by atoms with Crippen LogP contribution in [0.5, 0.6) is 0 Å². The van der Waals surface area contributed by atoms with E-state index in [-0.39, 0.29) is 0 Å². The number of nitrogens with one attached hydrogen (secondary N) is 2. The van der Waals surface area contributed by atoms with Crippen LogP contribution < -0.4 is 16.2 Å². The molecule has 0 saturated heterocycles. The van der Waals surface area contributed by atoms with Gasteiger partial charge in [0.25, 0.3) is 0 Å². The van der Waals surface area contributed by atoms with Crippen molar-refractivity contribution in [3.05, 3.63) is 0 Å². The Morgan fingerprint density at radius 2 is 2.25 bits per heavy atom. The summed E-state index contributed by atoms with van der Waals surface area (Å²) in [5.41, 5.74) is 8.41. The van der Waals surface area contributed by atoms with Crippen molar-refractivity contribution in [2.45, 2.75) is 18.9 Å². The summed E-state index contributed by atoms with van der Waals surface area (Å²) >= 11 is 0. The minimum Gasteiger partial charge on any atom is -0.480 e. The van der Waals surface area contributed by atoms with E-state index in [0.29, 0.717) is 6.42 Å². The maximum Gasteiger partial charge on any atom is 0.320 e. The van der Waals surface area contributed by atoms with E-state index >= 15 is 0 Å². The molecule has 72 valence electrons. The Balaban J connectivity index is 3.25. The number of aliphatic carboxylic acids is 1. The van der Waals surface area contributed by atoms with Gasteiger partial charge in [0.15, 0.2) is 0 Å². The van der Waals surface area contributed by atoms with Gasteiger partial charge in [-0.15, -0.1) is 0 Å². The minimum atomic E-state index is -0.924. The fraction of sp³-hybridized carbons (Fsp3) is 0.857. The van der Waals surface area contributed by atoms with Gasteiger partial charge in [0, 0.05) is 6.54 Å². The zero-order valence-corrected chi connectivity index (χ0v) is 7.63. The molecule has 0 amide bonds. The van der Waals surface area contributed by atoms with E-state index in [1.807, 2.05) is 14.1 Å². The predicted molar refractivity (Wildman–Crippen MR) is 45.7 cm³/mol. The minimum absolute atomic E-state index is 0.523. The first kappa shape index (κ1) is 11.4. The second kappa shape index (κ2) is 5.93. The van der Waals surface area contributed by atoms with Gasteiger partial charge in [-0.1, -0.05) is 0 Å². The van der Waals surface area contributed by atoms with E-state index in [2.05, 4.69) is 5.43 Å². The standard InChI is InChI=1S/C7H17N3O2/c1-10(2)9-5-3-4-6(8)7(11)12/h6,9H,3-5,8H2,1-2H3,(H,11,12)/p+1. The number of hydrogen-bond acceptors (Lipinski definition) is 3. The van der Waals surface area contributed by atoms with E-state index in [0.717, 1.165) is 18.0 Å². The van der Waals surface area contributed by atoms with Crippen LogP contribution in [-0.4, -0.2) is 37.8 Å². The molecule has 0 aromatic rings. The number of hydrogen-bond donors (Lipinski definition) is 4. The molecule has 0 aliphatic carbocycles. The monoisotopic (exact) mass is 176 g/mol. The Morgan fingerprint density at radius 1 is 1.67 bits per heavy atom. The second-order valence-electron chi connectivity index (χ2n) is 3.01. The summed E-state index contributed by atoms with van der Waals surface area (Å²) in [6.45, 7) is 0.795. The molecule has 0 bridgehead atoms. The van der Waals surface area contributed by atoms with Crippen LogP contribution in [0.25, 0.3) is 0 Å². The van der Waals surface area contributed by atoms with E-state index in [9.17, 15) is 4.79 Å². The lowest BCUT2D eigenvalue weighted by atomic mass is 10.2. The lowest BCUT2D eigenvalue weighted by molar-refractivity contribution is -0.906. The highest BCUT2D eigenvalue weighted by molar-refractivity contribution is 5.72. The molecule has 0 aliphatic rings. The van der Waals surface area contributed by atoms with Crippen LogP contribution in [0.2, 0.25) is 0 Å². The Labute approximate surface area is 72.5 Å². The van der Waals surface area contributed by atoms with Crippen molar-refractivity contribution in [2.75, 3.05) is 20.6 Å². The van der Waals surface area contributed by atoms with Crippen molar-refractivity contribution in [2.24, 2.45) is 5.73 Å². The molecule has 5 nitrogen and oxygen atoms in total. The summed E-state index contributed by atoms with van der Waals surface area (Å²) in [6, 6.07) is -0.719. The van der Waals surface area contributed by atoms with Gasteiger partial charge in [0.2, 0.25) is 0 Å². The van der Waals surface area contributed by atoms with Gasteiger partial charge in [-0.2, -0.15) is 5.43 Å². The molecule has 0 fully saturated rings. The average molecular weight is 176 g/mol. The van der Waals surface area contributed by atoms with Gasteiger partial charge in [-0.3, -0.25) is 9.80 Å². The largest absolute Gasteiger partial charge is 0.480 e. The topological polar surface area (TPSA) is 79.8 Å². The molecule has 5 heteroatoms. The van der Waals surface area contributed by atoms with Gasteiger partial charge in [-0.25, -0.2) is 0 Å². The van der Waals surface area contributed by atoms with Gasteiger partial charge in [0.05, 0.1) is 14.1 Å². The van der Waals surface area contributed by atoms with Crippen molar-refractivity contribution in [3.63, 3.8) is 0 Å². The number of carbonyl (C=O) groups is 1. The highest BCUT2D eigenvalue weighted by Crippen LogP contribution is 1.91. The smallest absolute Gasteiger partial charge is 0.320 e. The zero-order chi connectivity index (χ0) is 9.56. The molecule has 12 heavy (non-hydrogen) atoms. The Hall–Kier alpha value is -0.650. The molecular formula is C7H18N3O2+. The van der Waals surface area contributed by atoms with Crippen molar-refractivity contribution in [1.29, 1.82) is 0 Å². The van der Waals surface area contributed by atoms with E-state index in [4.69, 9.17) is 10.8 Å². The molecule has 1 atom stereocenters. The first-order chi connectivity index (χ1) is 5.54. The predicted octanol–water partition coefficient (Wildman–Crippen LogP) is -2.17. The average Bonchev–Trinajstić information content (AvgIpc) is 1.97. The number of carboxylic acid groups (broad SMARTS) is 1.